The Morgan fingerprint density at radius 2 is 1.22 bits per heavy atom. The summed E-state index contributed by atoms with van der Waals surface area (Å²) in [4.78, 5) is 37.7. The molecule has 4 aromatic rings. The Morgan fingerprint density at radius 1 is 0.804 bits per heavy atom. The summed E-state index contributed by atoms with van der Waals surface area (Å²) in [6.45, 7) is -0.227. The van der Waals surface area contributed by atoms with Gasteiger partial charge >= 0.3 is 41.5 Å². The number of anilines is 2. The van der Waals surface area contributed by atoms with E-state index in [2.05, 4.69) is 20.8 Å². The van der Waals surface area contributed by atoms with Crippen molar-refractivity contribution in [3.05, 3.63) is 71.8 Å². The number of phenolic OH excluding ortho intramolecular Hbond substituents is 2. The van der Waals surface area contributed by atoms with E-state index in [1.807, 2.05) is 68.3 Å². The van der Waals surface area contributed by atoms with Crippen LogP contribution in [0.3, 0.4) is 0 Å². The second-order valence-electron chi connectivity index (χ2n) is 9.36. The minimum absolute atomic E-state index is 0. The summed E-state index contributed by atoms with van der Waals surface area (Å²) in [5, 5.41) is 57.2. The van der Waals surface area contributed by atoms with Gasteiger partial charge in [-0.25, -0.2) is 9.59 Å². The third kappa shape index (κ3) is 13.4. The number of phenols is 2. The summed E-state index contributed by atoms with van der Waals surface area (Å²) in [5.41, 5.74) is 2.27. The van der Waals surface area contributed by atoms with Crippen molar-refractivity contribution in [3.8, 4) is 11.5 Å². The molecule has 0 aliphatic heterocycles. The van der Waals surface area contributed by atoms with Crippen LogP contribution in [0.1, 0.15) is 20.7 Å². The van der Waals surface area contributed by atoms with Crippen molar-refractivity contribution in [1.29, 1.82) is 0 Å². The molecule has 0 saturated heterocycles. The van der Waals surface area contributed by atoms with Crippen molar-refractivity contribution < 1.29 is 84.4 Å². The number of rotatable bonds is 8. The third-order valence-electron chi connectivity index (χ3n) is 5.80. The van der Waals surface area contributed by atoms with Gasteiger partial charge in [-0.2, -0.15) is 0 Å². The molecule has 0 radical (unpaired) electrons. The Labute approximate surface area is 296 Å². The molecule has 4 rings (SSSR count). The molecule has 244 valence electrons. The van der Waals surface area contributed by atoms with Crippen LogP contribution in [0, 0.1) is 0 Å². The number of carboxylic acid groups (broad SMARTS) is 1. The number of alkyl halides is 1. The number of ether oxygens (including phenoxy) is 1. The molecule has 0 fully saturated rings. The number of aliphatic hydroxyl groups excluding tert-OH is 2. The summed E-state index contributed by atoms with van der Waals surface area (Å²) < 4.78 is 4.83. The van der Waals surface area contributed by atoms with Crippen LogP contribution in [-0.4, -0.2) is 97.3 Å². The number of hydrogen-bond donors (Lipinski definition) is 5. The molecule has 46 heavy (non-hydrogen) atoms. The molecular formula is C31H36BrN2NaO11. The number of fused-ring (bicyclic) bond motifs is 2. The van der Waals surface area contributed by atoms with Crippen LogP contribution >= 0.6 is 15.9 Å². The van der Waals surface area contributed by atoms with Crippen molar-refractivity contribution in [2.75, 3.05) is 63.1 Å². The molecule has 13 nitrogen and oxygen atoms in total. The Hall–Kier alpha value is -3.63. The van der Waals surface area contributed by atoms with Crippen LogP contribution < -0.4 is 44.6 Å². The number of benzene rings is 4. The van der Waals surface area contributed by atoms with E-state index >= 15 is 0 Å². The second-order valence-corrected chi connectivity index (χ2v) is 10.2. The summed E-state index contributed by atoms with van der Waals surface area (Å²) in [6.07, 6.45) is 0. The fourth-order valence-corrected chi connectivity index (χ4v) is 3.67. The molecule has 0 spiro atoms. The van der Waals surface area contributed by atoms with Crippen LogP contribution in [0.15, 0.2) is 60.7 Å². The predicted molar refractivity (Wildman–Crippen MR) is 172 cm³/mol. The van der Waals surface area contributed by atoms with Crippen molar-refractivity contribution in [1.82, 2.24) is 0 Å². The van der Waals surface area contributed by atoms with Gasteiger partial charge in [-0.1, -0.05) is 28.1 Å². The Bertz CT molecular complexity index is 1570. The van der Waals surface area contributed by atoms with Crippen LogP contribution in [0.25, 0.3) is 21.5 Å². The molecule has 0 aliphatic rings. The number of esters is 1. The average molecular weight is 716 g/mol. The molecule has 5 N–H and O–H groups in total. The monoisotopic (exact) mass is 714 g/mol. The Kier molecular flexibility index (Phi) is 20.3. The molecule has 0 bridgehead atoms. The molecular weight excluding hydrogens is 679 g/mol. The van der Waals surface area contributed by atoms with E-state index in [0.717, 1.165) is 16.8 Å². The largest absolute Gasteiger partial charge is 1.00 e. The molecule has 15 heteroatoms. The number of aromatic carboxylic acids is 1. The van der Waals surface area contributed by atoms with E-state index < -0.39 is 11.9 Å². The fourth-order valence-electron chi connectivity index (χ4n) is 3.67. The number of hydrogen-bond acceptors (Lipinski definition) is 12. The molecule has 0 amide bonds. The first-order valence-corrected chi connectivity index (χ1v) is 14.3. The fraction of sp³-hybridized carbons (Fsp3) is 0.258. The Morgan fingerprint density at radius 3 is 1.57 bits per heavy atom. The smallest absolute Gasteiger partial charge is 0.662 e. The first-order chi connectivity index (χ1) is 21.3. The topological polar surface area (TPSA) is 200 Å². The first-order valence-electron chi connectivity index (χ1n) is 13.1. The van der Waals surface area contributed by atoms with Gasteiger partial charge in [0.25, 0.3) is 6.47 Å². The van der Waals surface area contributed by atoms with Gasteiger partial charge in [-0.3, -0.25) is 4.79 Å². The third-order valence-corrected chi connectivity index (χ3v) is 6.15. The van der Waals surface area contributed by atoms with E-state index in [1.165, 1.54) is 12.1 Å². The molecule has 4 aromatic carbocycles. The van der Waals surface area contributed by atoms with E-state index in [0.29, 0.717) is 21.5 Å². The normalized spacial score (nSPS) is 9.57. The maximum Gasteiger partial charge on any atom is 1.00 e. The van der Waals surface area contributed by atoms with E-state index in [-0.39, 0.29) is 78.5 Å². The number of halogens is 1. The van der Waals surface area contributed by atoms with Crippen LogP contribution in [0.5, 0.6) is 11.5 Å². The molecule has 0 aromatic heterocycles. The Balaban J connectivity index is 0.000000707. The number of carbonyl (C=O) groups excluding carboxylic acids is 2. The molecule has 0 heterocycles. The van der Waals surface area contributed by atoms with Gasteiger partial charge in [0.05, 0.1) is 24.3 Å². The van der Waals surface area contributed by atoms with Crippen LogP contribution in [-0.2, 0) is 14.4 Å². The first kappa shape index (κ1) is 42.4. The number of aromatic hydroxyl groups is 2. The molecule has 0 unspecified atom stereocenters. The number of carboxylic acids is 1. The zero-order valence-electron chi connectivity index (χ0n) is 26.1. The van der Waals surface area contributed by atoms with E-state index in [9.17, 15) is 19.8 Å². The summed E-state index contributed by atoms with van der Waals surface area (Å²) in [6, 6.07) is 17.0. The zero-order valence-corrected chi connectivity index (χ0v) is 29.7. The quantitative estimate of drug-likeness (QED) is 0.0405. The van der Waals surface area contributed by atoms with Crippen molar-refractivity contribution in [2.24, 2.45) is 0 Å². The van der Waals surface area contributed by atoms with Gasteiger partial charge in [-0.05, 0) is 59.3 Å². The van der Waals surface area contributed by atoms with Crippen molar-refractivity contribution in [3.63, 3.8) is 0 Å². The maximum atomic E-state index is 11.7. The number of nitrogens with zero attached hydrogens (tertiary/aromatic N) is 2. The predicted octanol–water partition coefficient (Wildman–Crippen LogP) is -0.118. The summed E-state index contributed by atoms with van der Waals surface area (Å²) in [5.74, 6) is -1.59. The SMILES string of the molecule is CN(C)c1ccc2cc(C(=O)O)cc(O)c2c1.CN(C)c1ccc2cc(C(=O)OCCO)cc(O)c2c1.O=CO[O-].OCCBr.[Na+]. The van der Waals surface area contributed by atoms with Gasteiger partial charge in [-0.15, -0.1) is 0 Å². The minimum atomic E-state index is -1.04. The van der Waals surface area contributed by atoms with Gasteiger partial charge < -0.3 is 50.2 Å². The van der Waals surface area contributed by atoms with E-state index in [4.69, 9.17) is 30.1 Å². The van der Waals surface area contributed by atoms with Gasteiger partial charge in [0.1, 0.15) is 18.1 Å². The second kappa shape index (κ2) is 22.0. The molecule has 0 aliphatic carbocycles. The minimum Gasteiger partial charge on any atom is -0.662 e. The average Bonchev–Trinajstić information content (AvgIpc) is 3.03. The van der Waals surface area contributed by atoms with Gasteiger partial charge in [0.2, 0.25) is 0 Å². The summed E-state index contributed by atoms with van der Waals surface area (Å²) >= 11 is 3.00. The maximum absolute atomic E-state index is 11.7. The van der Waals surface area contributed by atoms with Gasteiger partial charge in [0.15, 0.2) is 0 Å². The van der Waals surface area contributed by atoms with E-state index in [1.54, 1.807) is 18.2 Å². The van der Waals surface area contributed by atoms with Crippen LogP contribution in [0.4, 0.5) is 11.4 Å². The van der Waals surface area contributed by atoms with Crippen LogP contribution in [0.2, 0.25) is 0 Å². The van der Waals surface area contributed by atoms with Crippen molar-refractivity contribution >= 4 is 67.3 Å². The number of aliphatic hydroxyl groups is 2. The van der Waals surface area contributed by atoms with Gasteiger partial charge in [0, 0.05) is 55.7 Å². The summed E-state index contributed by atoms with van der Waals surface area (Å²) in [7, 11) is 7.64. The number of carbonyl (C=O) groups is 3. The van der Waals surface area contributed by atoms with Crippen molar-refractivity contribution in [2.45, 2.75) is 0 Å². The molecule has 0 saturated carbocycles. The standard InChI is InChI=1S/C15H17NO4.C13H13NO3.C2H5BrO.CH2O3.Na/c1-16(2)12-4-3-10-7-11(15(19)20-6-5-17)8-14(18)13(10)9-12;1-14(2)10-4-3-8-5-9(13(16)17)6-12(15)11(8)7-10;3-1-2-4;2-1-4-3;/h3-4,7-9,17-18H,5-6H2,1-2H3;3-7,15H,1-2H3,(H,16,17);4H,1-2H2;1,3H;/q;;;;+1/p-1. The molecule has 0 atom stereocenters. The zero-order chi connectivity index (χ0) is 34.1.